The molecule has 9 heteroatoms. The summed E-state index contributed by atoms with van der Waals surface area (Å²) in [6.45, 7) is 0. The molecule has 1 heterocycles. The fourth-order valence-corrected chi connectivity index (χ4v) is 7.49. The first-order chi connectivity index (χ1) is 20.2. The molecule has 0 spiro atoms. The van der Waals surface area contributed by atoms with Gasteiger partial charge in [-0.15, -0.1) is 0 Å². The smallest absolute Gasteiger partial charge is 0.338 e. The molecule has 0 saturated carbocycles. The van der Waals surface area contributed by atoms with Gasteiger partial charge in [0.15, 0.2) is 11.3 Å². The second-order valence-electron chi connectivity index (χ2n) is 9.42. The average Bonchev–Trinajstić information content (AvgIpc) is 3.02. The number of methoxy groups -OCH3 is 1. The second-order valence-corrected chi connectivity index (χ2v) is 12.7. The number of aromatic hydroxyl groups is 1. The third-order valence-electron chi connectivity index (χ3n) is 7.01. The van der Waals surface area contributed by atoms with Gasteiger partial charge in [0.25, 0.3) is 0 Å². The van der Waals surface area contributed by atoms with Crippen LogP contribution >= 0.6 is 63.7 Å². The van der Waals surface area contributed by atoms with Crippen molar-refractivity contribution < 1.29 is 19.1 Å². The number of fused-ring (bicyclic) bond motifs is 2. The van der Waals surface area contributed by atoms with Gasteiger partial charge in [-0.2, -0.15) is 0 Å². The molecule has 4 aromatic rings. The molecule has 0 amide bonds. The summed E-state index contributed by atoms with van der Waals surface area (Å²) < 4.78 is 12.9. The van der Waals surface area contributed by atoms with E-state index in [9.17, 15) is 14.7 Å². The summed E-state index contributed by atoms with van der Waals surface area (Å²) in [4.78, 5) is 26.6. The first-order valence-electron chi connectivity index (χ1n) is 12.5. The first kappa shape index (κ1) is 28.9. The Labute approximate surface area is 274 Å². The Balaban J connectivity index is 1.89. The Morgan fingerprint density at radius 1 is 0.738 bits per heavy atom. The number of ether oxygens (including phenoxy) is 1. The van der Waals surface area contributed by atoms with E-state index in [4.69, 9.17) is 9.15 Å². The standard InChI is InChI=1S/C33H18Br4O5/c1-41-33(40)22-13-18(16-8-4-2-5-9-16)12-19(17-10-6-3-7-11-17)25(22)26-20-14-23(34)29(38)27(36)31(20)42-32-21(26)15-24(35)30(39)28(32)37/h2-15,38H,1H3. The molecule has 1 aliphatic carbocycles. The topological polar surface area (TPSA) is 76.7 Å². The van der Waals surface area contributed by atoms with E-state index in [-0.39, 0.29) is 21.4 Å². The zero-order chi connectivity index (χ0) is 29.7. The molecule has 0 aromatic heterocycles. The molecule has 0 bridgehead atoms. The van der Waals surface area contributed by atoms with E-state index in [1.165, 1.54) is 7.11 Å². The highest BCUT2D eigenvalue weighted by Crippen LogP contribution is 2.51. The SMILES string of the molecule is COC(=O)c1cc(-c2ccccc2)cc(-c2ccccc2)c1-c1c2cc(Br)c(=O)c(Br)c-2oc2c(Br)c(O)c(Br)cc12. The van der Waals surface area contributed by atoms with E-state index in [1.807, 2.05) is 72.8 Å². The molecule has 0 fully saturated rings. The summed E-state index contributed by atoms with van der Waals surface area (Å²) >= 11 is 13.8. The van der Waals surface area contributed by atoms with Gasteiger partial charge in [-0.25, -0.2) is 4.79 Å². The molecular weight excluding hydrogens is 796 g/mol. The van der Waals surface area contributed by atoms with Crippen molar-refractivity contribution in [3.8, 4) is 50.5 Å². The van der Waals surface area contributed by atoms with Crippen molar-refractivity contribution in [2.24, 2.45) is 0 Å². The number of carbonyl (C=O) groups is 1. The second kappa shape index (κ2) is 11.4. The maximum absolute atomic E-state index is 13.7. The normalized spacial score (nSPS) is 11.3. The van der Waals surface area contributed by atoms with Crippen LogP contribution in [-0.4, -0.2) is 18.2 Å². The third-order valence-corrected chi connectivity index (χ3v) is 9.66. The van der Waals surface area contributed by atoms with E-state index in [1.54, 1.807) is 12.1 Å². The molecule has 1 aliphatic heterocycles. The fourth-order valence-electron chi connectivity index (χ4n) is 5.09. The highest BCUT2D eigenvalue weighted by Gasteiger charge is 2.30. The van der Waals surface area contributed by atoms with Crippen LogP contribution in [0.15, 0.2) is 112 Å². The molecule has 5 nitrogen and oxygen atoms in total. The number of hydrogen-bond acceptors (Lipinski definition) is 5. The van der Waals surface area contributed by atoms with Gasteiger partial charge in [0.1, 0.15) is 14.7 Å². The Morgan fingerprint density at radius 3 is 2.02 bits per heavy atom. The molecular formula is C33H18Br4O5. The summed E-state index contributed by atoms with van der Waals surface area (Å²) in [6.07, 6.45) is 0. The minimum atomic E-state index is -0.530. The molecule has 0 unspecified atom stereocenters. The van der Waals surface area contributed by atoms with Crippen molar-refractivity contribution in [2.45, 2.75) is 0 Å². The van der Waals surface area contributed by atoms with Crippen molar-refractivity contribution in [3.05, 3.63) is 119 Å². The molecule has 0 saturated heterocycles. The Bertz CT molecular complexity index is 2050. The number of carbonyl (C=O) groups excluding carboxylic acids is 1. The van der Waals surface area contributed by atoms with E-state index in [2.05, 4.69) is 63.7 Å². The van der Waals surface area contributed by atoms with Crippen LogP contribution < -0.4 is 5.43 Å². The Kier molecular flexibility index (Phi) is 7.87. The van der Waals surface area contributed by atoms with E-state index in [0.717, 1.165) is 22.3 Å². The summed E-state index contributed by atoms with van der Waals surface area (Å²) in [6, 6.07) is 26.8. The van der Waals surface area contributed by atoms with Crippen molar-refractivity contribution >= 4 is 80.7 Å². The van der Waals surface area contributed by atoms with Crippen molar-refractivity contribution in [1.82, 2.24) is 0 Å². The molecule has 2 aliphatic rings. The lowest BCUT2D eigenvalue weighted by Gasteiger charge is -2.23. The third kappa shape index (κ3) is 4.82. The van der Waals surface area contributed by atoms with Crippen LogP contribution in [0.2, 0.25) is 0 Å². The zero-order valence-electron chi connectivity index (χ0n) is 21.7. The number of rotatable bonds is 4. The Morgan fingerprint density at radius 2 is 1.38 bits per heavy atom. The fraction of sp³-hybridized carbons (Fsp3) is 0.0303. The van der Waals surface area contributed by atoms with Gasteiger partial charge in [0.2, 0.25) is 5.43 Å². The lowest BCUT2D eigenvalue weighted by Crippen LogP contribution is -2.09. The number of phenols is 1. The molecule has 0 radical (unpaired) electrons. The van der Waals surface area contributed by atoms with Gasteiger partial charge in [-0.1, -0.05) is 60.7 Å². The van der Waals surface area contributed by atoms with Gasteiger partial charge < -0.3 is 14.3 Å². The van der Waals surface area contributed by atoms with Gasteiger partial charge in [-0.05, 0) is 110 Å². The van der Waals surface area contributed by atoms with Crippen molar-refractivity contribution in [1.29, 1.82) is 0 Å². The van der Waals surface area contributed by atoms with Crippen molar-refractivity contribution in [3.63, 3.8) is 0 Å². The maximum Gasteiger partial charge on any atom is 0.338 e. The lowest BCUT2D eigenvalue weighted by atomic mass is 9.83. The largest absolute Gasteiger partial charge is 0.505 e. The molecule has 4 aromatic carbocycles. The van der Waals surface area contributed by atoms with Crippen LogP contribution in [-0.2, 0) is 4.74 Å². The minimum Gasteiger partial charge on any atom is -0.505 e. The molecule has 0 atom stereocenters. The monoisotopic (exact) mass is 810 g/mol. The van der Waals surface area contributed by atoms with E-state index >= 15 is 0 Å². The number of esters is 1. The minimum absolute atomic E-state index is 0.0666. The van der Waals surface area contributed by atoms with Crippen LogP contribution in [0, 0.1) is 0 Å². The van der Waals surface area contributed by atoms with Crippen LogP contribution in [0.5, 0.6) is 5.75 Å². The van der Waals surface area contributed by atoms with Crippen LogP contribution in [0.25, 0.3) is 55.7 Å². The summed E-state index contributed by atoms with van der Waals surface area (Å²) in [5.74, 6) is -0.337. The number of hydrogen-bond donors (Lipinski definition) is 1. The average molecular weight is 814 g/mol. The van der Waals surface area contributed by atoms with E-state index in [0.29, 0.717) is 46.6 Å². The van der Waals surface area contributed by atoms with Crippen LogP contribution in [0.1, 0.15) is 10.4 Å². The zero-order valence-corrected chi connectivity index (χ0v) is 28.0. The first-order valence-corrected chi connectivity index (χ1v) is 15.7. The number of benzene rings is 5. The van der Waals surface area contributed by atoms with Gasteiger partial charge in [0.05, 0.1) is 21.6 Å². The molecule has 208 valence electrons. The molecule has 6 rings (SSSR count). The molecule has 42 heavy (non-hydrogen) atoms. The summed E-state index contributed by atoms with van der Waals surface area (Å²) in [5.41, 5.74) is 5.49. The van der Waals surface area contributed by atoms with Gasteiger partial charge in [-0.3, -0.25) is 4.79 Å². The summed E-state index contributed by atoms with van der Waals surface area (Å²) in [5, 5.41) is 11.4. The molecule has 1 N–H and O–H groups in total. The van der Waals surface area contributed by atoms with Crippen LogP contribution in [0.4, 0.5) is 0 Å². The maximum atomic E-state index is 13.7. The van der Waals surface area contributed by atoms with Gasteiger partial charge in [0, 0.05) is 22.1 Å². The summed E-state index contributed by atoms with van der Waals surface area (Å²) in [7, 11) is 1.35. The van der Waals surface area contributed by atoms with Crippen LogP contribution in [0.3, 0.4) is 0 Å². The Hall–Kier alpha value is -3.24. The van der Waals surface area contributed by atoms with Crippen molar-refractivity contribution in [2.75, 3.05) is 7.11 Å². The van der Waals surface area contributed by atoms with Gasteiger partial charge >= 0.3 is 5.97 Å². The predicted molar refractivity (Wildman–Crippen MR) is 179 cm³/mol. The number of phenolic OH excluding ortho intramolecular Hbond substituents is 1. The lowest BCUT2D eigenvalue weighted by molar-refractivity contribution is 0.0601. The highest BCUT2D eigenvalue weighted by molar-refractivity contribution is 9.11. The number of halogens is 4. The predicted octanol–water partition coefficient (Wildman–Crippen LogP) is 10.4. The highest BCUT2D eigenvalue weighted by atomic mass is 79.9. The quantitative estimate of drug-likeness (QED) is 0.142. The van der Waals surface area contributed by atoms with E-state index < -0.39 is 5.97 Å².